The minimum atomic E-state index is -4.99. The molecule has 4 aromatic carbocycles. The fourth-order valence-electron chi connectivity index (χ4n) is 4.81. The third kappa shape index (κ3) is 13.3. The van der Waals surface area contributed by atoms with Crippen molar-refractivity contribution in [3.05, 3.63) is 114 Å². The Morgan fingerprint density at radius 2 is 1.46 bits per heavy atom. The topological polar surface area (TPSA) is 313 Å². The van der Waals surface area contributed by atoms with Gasteiger partial charge in [0.05, 0.1) is 34.3 Å². The molecule has 1 aromatic heterocycles. The summed E-state index contributed by atoms with van der Waals surface area (Å²) in [7, 11) is -14.0. The van der Waals surface area contributed by atoms with Crippen molar-refractivity contribution >= 4 is 76.8 Å². The van der Waals surface area contributed by atoms with E-state index in [-0.39, 0.29) is 39.8 Å². The number of aromatic carboxylic acids is 1. The summed E-state index contributed by atoms with van der Waals surface area (Å²) in [4.78, 5) is 23.4. The van der Waals surface area contributed by atoms with Gasteiger partial charge in [-0.05, 0) is 36.4 Å². The quantitative estimate of drug-likeness (QED) is 0.0144. The second-order valence-corrected chi connectivity index (χ2v) is 16.3. The number of sulfone groups is 1. The van der Waals surface area contributed by atoms with Crippen LogP contribution in [0.3, 0.4) is 0 Å². The molecule has 0 aliphatic rings. The van der Waals surface area contributed by atoms with Gasteiger partial charge in [-0.1, -0.05) is 60.7 Å². The summed E-state index contributed by atoms with van der Waals surface area (Å²) in [6.45, 7) is -1.31. The number of halogens is 1. The number of anilines is 5. The van der Waals surface area contributed by atoms with E-state index in [1.807, 2.05) is 0 Å². The summed E-state index contributed by atoms with van der Waals surface area (Å²) >= 11 is 0. The zero-order valence-corrected chi connectivity index (χ0v) is 33.0. The van der Waals surface area contributed by atoms with E-state index in [4.69, 9.17) is 4.55 Å². The summed E-state index contributed by atoms with van der Waals surface area (Å²) in [6, 6.07) is 23.2. The fourth-order valence-corrected chi connectivity index (χ4v) is 6.75. The maximum Gasteiger partial charge on any atom is 1.00 e. The van der Waals surface area contributed by atoms with Crippen LogP contribution in [0, 0.1) is 6.08 Å². The standard InChI is InChI=1S/C33H30FN9O12S3.Cu/c34-31-36-32(38-33(37-31)43(22-11-5-2-6-12-22)15-17-56(47,48)18-16-55-58(52,53)54)35-26-19-23(57(49,50)51)20-27(28(26)44)40-42-29(21-9-3-1-4-10-21)41-39-25-14-8-7-13-24(25)30(45)46;/h1-14,19-20,40,44H,15-18H2,(H,45,46)(H,49,50,51)(H,52,53,54)(H,35,36,37,38);/q;+1/b41-39?,42-29-;. The summed E-state index contributed by atoms with van der Waals surface area (Å²) in [6.07, 6.45) is -1.41. The van der Waals surface area contributed by atoms with E-state index in [1.54, 1.807) is 48.5 Å². The molecule has 0 atom stereocenters. The largest absolute Gasteiger partial charge is 1.00 e. The van der Waals surface area contributed by atoms with E-state index >= 15 is 4.39 Å². The number of phenolic OH excluding ortho intramolecular Hbond substituents is 1. The van der Waals surface area contributed by atoms with Crippen LogP contribution in [0.5, 0.6) is 5.75 Å². The van der Waals surface area contributed by atoms with Crippen LogP contribution in [0.4, 0.5) is 39.0 Å². The fraction of sp³-hybridized carbons (Fsp3) is 0.121. The Balaban J connectivity index is 0.00000769. The van der Waals surface area contributed by atoms with Gasteiger partial charge in [-0.15, -0.1) is 10.2 Å². The van der Waals surface area contributed by atoms with Gasteiger partial charge in [0.1, 0.15) is 11.4 Å². The maximum atomic E-state index is 15.0. The van der Waals surface area contributed by atoms with Crippen LogP contribution in [0.1, 0.15) is 15.9 Å². The molecule has 0 aliphatic carbocycles. The second-order valence-electron chi connectivity index (χ2n) is 11.5. The first-order valence-electron chi connectivity index (χ1n) is 16.2. The van der Waals surface area contributed by atoms with E-state index < -0.39 is 101 Å². The van der Waals surface area contributed by atoms with Crippen molar-refractivity contribution in [1.29, 1.82) is 0 Å². The molecule has 0 radical (unpaired) electrons. The number of azo groups is 1. The Kier molecular flexibility index (Phi) is 15.2. The van der Waals surface area contributed by atoms with E-state index in [1.165, 1.54) is 41.3 Å². The number of amidine groups is 1. The number of carboxylic acids is 1. The van der Waals surface area contributed by atoms with Crippen LogP contribution in [0.2, 0.25) is 0 Å². The number of aromatic hydroxyl groups is 1. The molecule has 21 nitrogen and oxygen atoms in total. The van der Waals surface area contributed by atoms with E-state index in [0.29, 0.717) is 5.56 Å². The number of nitrogens with zero attached hydrogens (tertiary/aromatic N) is 7. The molecule has 26 heteroatoms. The smallest absolute Gasteiger partial charge is 0.504 e. The monoisotopic (exact) mass is 922 g/mol. The molecule has 1 heterocycles. The zero-order chi connectivity index (χ0) is 42.1. The van der Waals surface area contributed by atoms with Crippen LogP contribution in [0.15, 0.2) is 117 Å². The number of rotatable bonds is 17. The minimum absolute atomic E-state index is 0. The molecule has 0 unspecified atom stereocenters. The molecule has 0 saturated carbocycles. The first-order valence-corrected chi connectivity index (χ1v) is 20.8. The Morgan fingerprint density at radius 1 is 0.831 bits per heavy atom. The molecule has 5 aromatic rings. The zero-order valence-electron chi connectivity index (χ0n) is 29.7. The Morgan fingerprint density at radius 3 is 2.10 bits per heavy atom. The van der Waals surface area contributed by atoms with Crippen molar-refractivity contribution in [3.63, 3.8) is 0 Å². The van der Waals surface area contributed by atoms with Crippen molar-refractivity contribution in [1.82, 2.24) is 15.0 Å². The van der Waals surface area contributed by atoms with Gasteiger partial charge in [0.15, 0.2) is 15.6 Å². The average molecular weight is 923 g/mol. The van der Waals surface area contributed by atoms with Gasteiger partial charge in [-0.25, -0.2) is 17.4 Å². The predicted octanol–water partition coefficient (Wildman–Crippen LogP) is 4.33. The molecule has 5 rings (SSSR count). The minimum Gasteiger partial charge on any atom is -0.504 e. The summed E-state index contributed by atoms with van der Waals surface area (Å²) in [5.41, 5.74) is 1.88. The number of hydrogen-bond acceptors (Lipinski definition) is 17. The molecular weight excluding hydrogens is 893 g/mol. The van der Waals surface area contributed by atoms with Crippen LogP contribution in [-0.2, 0) is 51.6 Å². The number of hydrazone groups is 1. The number of aromatic nitrogens is 3. The number of nitrogens with one attached hydrogen (secondary N) is 2. The van der Waals surface area contributed by atoms with Gasteiger partial charge in [-0.3, -0.25) is 14.5 Å². The van der Waals surface area contributed by atoms with Crippen molar-refractivity contribution in [2.45, 2.75) is 4.90 Å². The van der Waals surface area contributed by atoms with Crippen molar-refractivity contribution in [3.8, 4) is 5.75 Å². The summed E-state index contributed by atoms with van der Waals surface area (Å²) in [5, 5.41) is 35.4. The van der Waals surface area contributed by atoms with Gasteiger partial charge >= 0.3 is 39.5 Å². The van der Waals surface area contributed by atoms with Crippen LogP contribution in [0.25, 0.3) is 0 Å². The SMILES string of the molecule is O=C(O)c1ccccc1N=N/C(=N\Nc1cc(S(=O)(=O)O)cc(Nc2nc(F)nc(N(CCS(=O)(=O)CCOS(=O)(=O)O)c3ccccc3)n2)c1O)c1ccccc1.[Cu+]. The van der Waals surface area contributed by atoms with Gasteiger partial charge < -0.3 is 20.4 Å². The number of benzene rings is 4. The molecule has 0 bridgehead atoms. The first kappa shape index (κ1) is 45.7. The van der Waals surface area contributed by atoms with Crippen molar-refractivity contribution < 1.29 is 75.0 Å². The van der Waals surface area contributed by atoms with Crippen LogP contribution >= 0.6 is 0 Å². The molecule has 59 heavy (non-hydrogen) atoms. The first-order chi connectivity index (χ1) is 27.4. The maximum absolute atomic E-state index is 15.0. The van der Waals surface area contributed by atoms with E-state index in [2.05, 4.69) is 45.2 Å². The summed E-state index contributed by atoms with van der Waals surface area (Å²) in [5.74, 6) is -4.81. The number of para-hydroxylation sites is 1. The molecular formula is C33H30CuFN9O12S3+. The number of hydrogen-bond donors (Lipinski definition) is 6. The van der Waals surface area contributed by atoms with Gasteiger partial charge in [0.2, 0.25) is 17.7 Å². The number of carboxylic acid groups (broad SMARTS) is 1. The van der Waals surface area contributed by atoms with Crippen LogP contribution in [-0.4, -0.2) is 96.0 Å². The Bertz CT molecular complexity index is 2700. The van der Waals surface area contributed by atoms with Gasteiger partial charge in [0, 0.05) is 17.8 Å². The molecule has 0 spiro atoms. The van der Waals surface area contributed by atoms with Gasteiger partial charge in [0.25, 0.3) is 10.1 Å². The molecule has 314 valence electrons. The third-order valence-electron chi connectivity index (χ3n) is 7.49. The normalized spacial score (nSPS) is 12.2. The second kappa shape index (κ2) is 19.6. The molecule has 6 N–H and O–H groups in total. The summed E-state index contributed by atoms with van der Waals surface area (Å²) < 4.78 is 110. The van der Waals surface area contributed by atoms with Gasteiger partial charge in [-0.2, -0.15) is 41.3 Å². The number of phenols is 1. The molecule has 0 fully saturated rings. The number of carbonyl (C=O) groups is 1. The third-order valence-corrected chi connectivity index (χ3v) is 10.4. The van der Waals surface area contributed by atoms with E-state index in [9.17, 15) is 44.8 Å². The molecule has 0 amide bonds. The predicted molar refractivity (Wildman–Crippen MR) is 205 cm³/mol. The average Bonchev–Trinajstić information content (AvgIpc) is 3.15. The Hall–Kier alpha value is -5.99. The van der Waals surface area contributed by atoms with Crippen molar-refractivity contribution in [2.75, 3.05) is 40.3 Å². The van der Waals surface area contributed by atoms with Crippen LogP contribution < -0.4 is 15.6 Å². The van der Waals surface area contributed by atoms with E-state index in [0.717, 1.165) is 12.1 Å². The molecule has 0 saturated heterocycles. The van der Waals surface area contributed by atoms with Crippen molar-refractivity contribution in [2.24, 2.45) is 15.3 Å². The molecule has 0 aliphatic heterocycles. The Labute approximate surface area is 345 Å².